The van der Waals surface area contributed by atoms with Crippen LogP contribution in [-0.4, -0.2) is 164 Å². The molecule has 29 nitrogen and oxygen atoms in total. The van der Waals surface area contributed by atoms with E-state index in [1.54, 1.807) is 39.8 Å². The average molecular weight is 1110 g/mol. The summed E-state index contributed by atoms with van der Waals surface area (Å²) < 4.78 is 0. The van der Waals surface area contributed by atoms with Crippen molar-refractivity contribution in [3.63, 3.8) is 0 Å². The van der Waals surface area contributed by atoms with Gasteiger partial charge in [0.2, 0.25) is 47.3 Å². The second-order valence-electron chi connectivity index (χ2n) is 19.8. The summed E-state index contributed by atoms with van der Waals surface area (Å²) in [5.74, 6) is -15.3. The molecule has 0 radical (unpaired) electrons. The molecule has 0 spiro atoms. The molecular weight excluding hydrogens is 1030 g/mol. The van der Waals surface area contributed by atoms with Gasteiger partial charge in [0.25, 0.3) is 0 Å². The van der Waals surface area contributed by atoms with Gasteiger partial charge in [-0.25, -0.2) is 9.59 Å². The topological polar surface area (TPSA) is 483 Å². The first-order valence-electron chi connectivity index (χ1n) is 25.2. The lowest BCUT2D eigenvalue weighted by Crippen LogP contribution is -2.61. The number of amides is 10. The molecule has 10 amide bonds. The van der Waals surface area contributed by atoms with Crippen LogP contribution in [0.1, 0.15) is 112 Å². The van der Waals surface area contributed by atoms with E-state index < -0.39 is 170 Å². The van der Waals surface area contributed by atoms with Crippen molar-refractivity contribution in [2.45, 2.75) is 167 Å². The molecule has 0 aromatic heterocycles. The molecule has 0 saturated carbocycles. The van der Waals surface area contributed by atoms with Crippen LogP contribution in [-0.2, 0) is 64.0 Å². The molecule has 0 aliphatic carbocycles. The maximum Gasteiger partial charge on any atom is 0.326 e. The van der Waals surface area contributed by atoms with Gasteiger partial charge in [0.15, 0.2) is 0 Å². The Bertz CT molecular complexity index is 2280. The molecule has 436 valence electrons. The van der Waals surface area contributed by atoms with Crippen molar-refractivity contribution < 1.29 is 87.9 Å². The number of benzene rings is 1. The minimum absolute atomic E-state index is 0.0133. The van der Waals surface area contributed by atoms with E-state index in [1.165, 1.54) is 32.9 Å². The lowest BCUT2D eigenvalue weighted by atomic mass is 9.99. The van der Waals surface area contributed by atoms with Crippen molar-refractivity contribution >= 4 is 77.2 Å². The molecule has 0 fully saturated rings. The summed E-state index contributed by atoms with van der Waals surface area (Å²) in [5, 5.41) is 68.6. The van der Waals surface area contributed by atoms with E-state index in [2.05, 4.69) is 42.5 Å². The summed E-state index contributed by atoms with van der Waals surface area (Å²) >= 11 is 0. The van der Waals surface area contributed by atoms with Gasteiger partial charge in [-0.2, -0.15) is 0 Å². The number of urea groups is 1. The Kier molecular flexibility index (Phi) is 29.4. The Morgan fingerprint density at radius 1 is 0.487 bits per heavy atom. The molecule has 0 bridgehead atoms. The highest BCUT2D eigenvalue weighted by molar-refractivity contribution is 5.98. The first kappa shape index (κ1) is 67.9. The van der Waals surface area contributed by atoms with Crippen LogP contribution in [0.25, 0.3) is 0 Å². The van der Waals surface area contributed by atoms with Gasteiger partial charge in [-0.3, -0.25) is 52.7 Å². The van der Waals surface area contributed by atoms with E-state index >= 15 is 0 Å². The summed E-state index contributed by atoms with van der Waals surface area (Å²) in [6.45, 7) is 11.1. The molecule has 1 aromatic carbocycles. The zero-order chi connectivity index (χ0) is 59.6. The summed E-state index contributed by atoms with van der Waals surface area (Å²) in [6, 6.07) is -8.46. The molecular formula is C49H77N11O18. The Labute approximate surface area is 450 Å². The van der Waals surface area contributed by atoms with Crippen LogP contribution >= 0.6 is 0 Å². The molecule has 29 heteroatoms. The molecule has 0 aliphatic heterocycles. The average Bonchev–Trinajstić information content (AvgIpc) is 3.32. The Hall–Kier alpha value is -8.11. The van der Waals surface area contributed by atoms with Crippen molar-refractivity contribution in [3.8, 4) is 5.75 Å². The normalized spacial score (nSPS) is 14.6. The standard InChI is InChI=1S/C49H77N11O18/c1-23(2)19-33(57-40(68)26(7)53-41(69)29(50)21-27-10-12-28(61)13-11-27)45(73)54-30(9-8-18-52-49(51)78)44(72)60-39(25(5)6)47(75)56-32(15-17-37(64)65)42(70)58-34(20-24(3)4)46(74)55-31(14-16-36(62)63)43(71)59-35(48(76)77)22-38(66)67/h10-13,23-26,29-35,39,61H,8-9,14-22,50H2,1-7H3,(H,53,69)(H,54,73)(H,55,74)(H,56,75)(H,57,68)(H,58,70)(H,59,71)(H,60,72)(H,62,63)(H,64,65)(H,66,67)(H,76,77)(H3,51,52,78)/t26-,29-,30-,31-,32-,33-,34-,35-,39-/m0/s1. The van der Waals surface area contributed by atoms with Crippen LogP contribution in [0.15, 0.2) is 24.3 Å². The lowest BCUT2D eigenvalue weighted by molar-refractivity contribution is -0.147. The fourth-order valence-electron chi connectivity index (χ4n) is 7.44. The number of hydrogen-bond acceptors (Lipinski definition) is 15. The van der Waals surface area contributed by atoms with E-state index in [1.807, 2.05) is 5.32 Å². The van der Waals surface area contributed by atoms with Crippen molar-refractivity contribution in [2.24, 2.45) is 29.2 Å². The van der Waals surface area contributed by atoms with Crippen LogP contribution in [0.3, 0.4) is 0 Å². The number of aliphatic carboxylic acids is 4. The van der Waals surface area contributed by atoms with Gasteiger partial charge in [-0.05, 0) is 87.3 Å². The second kappa shape index (κ2) is 33.8. The SMILES string of the molecule is CC(C)C[C@H](NC(=O)[C@H](C)NC(=O)[C@@H](N)Cc1ccc(O)cc1)C(=O)N[C@@H](CCCNC(N)=O)C(=O)N[C@H](C(=O)N[C@@H](CCC(=O)O)C(=O)N[C@@H](CC(C)C)C(=O)N[C@@H](CCC(=O)O)C(=O)N[C@@H](CC(=O)O)C(=O)O)C(C)C. The Morgan fingerprint density at radius 2 is 0.897 bits per heavy atom. The van der Waals surface area contributed by atoms with Gasteiger partial charge >= 0.3 is 29.9 Å². The third kappa shape index (κ3) is 26.6. The zero-order valence-electron chi connectivity index (χ0n) is 44.7. The van der Waals surface area contributed by atoms with Crippen LogP contribution in [0.5, 0.6) is 5.75 Å². The Balaban J connectivity index is 3.46. The number of aromatic hydroxyl groups is 1. The lowest BCUT2D eigenvalue weighted by Gasteiger charge is -2.29. The molecule has 0 heterocycles. The van der Waals surface area contributed by atoms with Crippen molar-refractivity contribution in [1.29, 1.82) is 0 Å². The number of phenols is 1. The third-order valence-corrected chi connectivity index (χ3v) is 11.6. The number of nitrogens with one attached hydrogen (secondary N) is 9. The molecule has 1 rings (SSSR count). The predicted octanol–water partition coefficient (Wildman–Crippen LogP) is -2.35. The van der Waals surface area contributed by atoms with E-state index in [0.29, 0.717) is 5.56 Å². The maximum absolute atomic E-state index is 14.2. The van der Waals surface area contributed by atoms with Crippen molar-refractivity contribution in [3.05, 3.63) is 29.8 Å². The summed E-state index contributed by atoms with van der Waals surface area (Å²) in [4.78, 5) is 167. The fraction of sp³-hybridized carbons (Fsp3) is 0.612. The van der Waals surface area contributed by atoms with Gasteiger partial charge in [0, 0.05) is 19.4 Å². The maximum atomic E-state index is 14.2. The molecule has 0 unspecified atom stereocenters. The number of rotatable bonds is 36. The number of phenolic OH excluding ortho intramolecular Hbond substituents is 1. The molecule has 1 aromatic rings. The smallest absolute Gasteiger partial charge is 0.326 e. The fourth-order valence-corrected chi connectivity index (χ4v) is 7.44. The number of hydrogen-bond donors (Lipinski definition) is 16. The second-order valence-corrected chi connectivity index (χ2v) is 19.8. The number of carbonyl (C=O) groups is 13. The van der Waals surface area contributed by atoms with Crippen molar-refractivity contribution in [1.82, 2.24) is 47.9 Å². The van der Waals surface area contributed by atoms with Crippen LogP contribution < -0.4 is 59.3 Å². The third-order valence-electron chi connectivity index (χ3n) is 11.6. The van der Waals surface area contributed by atoms with E-state index in [9.17, 15) is 82.8 Å². The summed E-state index contributed by atoms with van der Waals surface area (Å²) in [5.41, 5.74) is 11.9. The van der Waals surface area contributed by atoms with Gasteiger partial charge in [-0.15, -0.1) is 0 Å². The van der Waals surface area contributed by atoms with E-state index in [4.69, 9.17) is 16.6 Å². The highest BCUT2D eigenvalue weighted by Gasteiger charge is 2.36. The minimum atomic E-state index is -1.98. The minimum Gasteiger partial charge on any atom is -0.508 e. The van der Waals surface area contributed by atoms with Gasteiger partial charge in [0.05, 0.1) is 12.5 Å². The Morgan fingerprint density at radius 3 is 1.32 bits per heavy atom. The quantitative estimate of drug-likeness (QED) is 0.0313. The zero-order valence-corrected chi connectivity index (χ0v) is 44.7. The number of carbonyl (C=O) groups excluding carboxylic acids is 9. The highest BCUT2D eigenvalue weighted by Crippen LogP contribution is 2.14. The van der Waals surface area contributed by atoms with E-state index in [0.717, 1.165) is 0 Å². The van der Waals surface area contributed by atoms with Crippen LogP contribution in [0.4, 0.5) is 4.79 Å². The van der Waals surface area contributed by atoms with Gasteiger partial charge < -0.3 is 84.9 Å². The van der Waals surface area contributed by atoms with Crippen LogP contribution in [0.2, 0.25) is 0 Å². The largest absolute Gasteiger partial charge is 0.508 e. The number of carboxylic acid groups (broad SMARTS) is 4. The van der Waals surface area contributed by atoms with E-state index in [-0.39, 0.29) is 56.2 Å². The predicted molar refractivity (Wildman–Crippen MR) is 275 cm³/mol. The molecule has 9 atom stereocenters. The molecule has 78 heavy (non-hydrogen) atoms. The summed E-state index contributed by atoms with van der Waals surface area (Å²) in [7, 11) is 0. The van der Waals surface area contributed by atoms with Crippen molar-refractivity contribution in [2.75, 3.05) is 6.54 Å². The highest BCUT2D eigenvalue weighted by atomic mass is 16.4. The van der Waals surface area contributed by atoms with Gasteiger partial charge in [0.1, 0.15) is 54.1 Å². The molecule has 0 saturated heterocycles. The first-order valence-corrected chi connectivity index (χ1v) is 25.2. The molecule has 18 N–H and O–H groups in total. The first-order chi connectivity index (χ1) is 36.3. The number of nitrogens with two attached hydrogens (primary N) is 2. The van der Waals surface area contributed by atoms with Gasteiger partial charge in [-0.1, -0.05) is 53.7 Å². The molecule has 0 aliphatic rings. The monoisotopic (exact) mass is 1110 g/mol. The number of carboxylic acids is 4. The summed E-state index contributed by atoms with van der Waals surface area (Å²) in [6.07, 6.45) is -3.89. The number of primary amides is 1. The van der Waals surface area contributed by atoms with Crippen LogP contribution in [0, 0.1) is 17.8 Å².